The molecule has 0 saturated carbocycles. The molecule has 4 heterocycles. The fourth-order valence-electron chi connectivity index (χ4n) is 4.07. The zero-order chi connectivity index (χ0) is 15.7. The van der Waals surface area contributed by atoms with E-state index in [1.54, 1.807) is 22.7 Å². The molecule has 5 heteroatoms. The van der Waals surface area contributed by atoms with E-state index in [-0.39, 0.29) is 5.91 Å². The third-order valence-electron chi connectivity index (χ3n) is 5.18. The van der Waals surface area contributed by atoms with Crippen molar-refractivity contribution in [2.45, 2.75) is 25.8 Å². The van der Waals surface area contributed by atoms with Gasteiger partial charge in [0.1, 0.15) is 0 Å². The lowest BCUT2D eigenvalue weighted by atomic mass is 9.79. The molecular weight excluding hydrogens is 324 g/mol. The van der Waals surface area contributed by atoms with E-state index >= 15 is 0 Å². The van der Waals surface area contributed by atoms with Crippen molar-refractivity contribution in [2.75, 3.05) is 26.2 Å². The molecule has 4 rings (SSSR count). The monoisotopic (exact) mass is 346 g/mol. The van der Waals surface area contributed by atoms with Crippen LogP contribution in [0.5, 0.6) is 0 Å². The van der Waals surface area contributed by atoms with Crippen LogP contribution >= 0.6 is 22.7 Å². The molecule has 1 amide bonds. The number of likely N-dealkylation sites (tertiary alicyclic amines) is 2. The highest BCUT2D eigenvalue weighted by Crippen LogP contribution is 2.40. The van der Waals surface area contributed by atoms with Crippen LogP contribution in [0.1, 0.15) is 34.5 Å². The Morgan fingerprint density at radius 2 is 2.13 bits per heavy atom. The Kier molecular flexibility index (Phi) is 4.26. The SMILES string of the molecule is O=C(c1cccs1)N1CCC[C@@]2(CCN(Cc3ccsc3)C2)C1. The lowest BCUT2D eigenvalue weighted by Gasteiger charge is -2.40. The van der Waals surface area contributed by atoms with Crippen molar-refractivity contribution in [3.8, 4) is 0 Å². The summed E-state index contributed by atoms with van der Waals surface area (Å²) in [5.74, 6) is 0.232. The van der Waals surface area contributed by atoms with Gasteiger partial charge in [0, 0.05) is 31.6 Å². The van der Waals surface area contributed by atoms with Crippen LogP contribution in [0.2, 0.25) is 0 Å². The quantitative estimate of drug-likeness (QED) is 0.840. The molecule has 2 aliphatic heterocycles. The molecule has 0 bridgehead atoms. The van der Waals surface area contributed by atoms with Crippen LogP contribution in [0, 0.1) is 5.41 Å². The van der Waals surface area contributed by atoms with E-state index in [4.69, 9.17) is 0 Å². The van der Waals surface area contributed by atoms with Gasteiger partial charge in [-0.3, -0.25) is 9.69 Å². The van der Waals surface area contributed by atoms with Gasteiger partial charge < -0.3 is 4.90 Å². The second-order valence-corrected chi connectivity index (χ2v) is 8.63. The summed E-state index contributed by atoms with van der Waals surface area (Å²) in [7, 11) is 0. The zero-order valence-corrected chi connectivity index (χ0v) is 14.9. The highest BCUT2D eigenvalue weighted by Gasteiger charge is 2.42. The summed E-state index contributed by atoms with van der Waals surface area (Å²) < 4.78 is 0. The molecule has 122 valence electrons. The van der Waals surface area contributed by atoms with Gasteiger partial charge in [-0.2, -0.15) is 11.3 Å². The van der Waals surface area contributed by atoms with Crippen LogP contribution in [-0.2, 0) is 6.54 Å². The maximum absolute atomic E-state index is 12.7. The smallest absolute Gasteiger partial charge is 0.263 e. The molecule has 0 aliphatic carbocycles. The normalized spacial score (nSPS) is 25.3. The lowest BCUT2D eigenvalue weighted by Crippen LogP contribution is -2.47. The summed E-state index contributed by atoms with van der Waals surface area (Å²) >= 11 is 3.33. The molecule has 1 spiro atoms. The predicted molar refractivity (Wildman–Crippen MR) is 96.1 cm³/mol. The van der Waals surface area contributed by atoms with E-state index in [0.29, 0.717) is 5.41 Å². The third-order valence-corrected chi connectivity index (χ3v) is 6.77. The first-order valence-corrected chi connectivity index (χ1v) is 10.1. The van der Waals surface area contributed by atoms with Crippen molar-refractivity contribution in [3.63, 3.8) is 0 Å². The van der Waals surface area contributed by atoms with Crippen LogP contribution in [0.15, 0.2) is 34.3 Å². The number of nitrogens with zero attached hydrogens (tertiary/aromatic N) is 2. The number of carbonyl (C=O) groups excluding carboxylic acids is 1. The zero-order valence-electron chi connectivity index (χ0n) is 13.2. The molecule has 0 aromatic carbocycles. The van der Waals surface area contributed by atoms with Gasteiger partial charge in [-0.1, -0.05) is 6.07 Å². The maximum atomic E-state index is 12.7. The Morgan fingerprint density at radius 3 is 2.91 bits per heavy atom. The number of carbonyl (C=O) groups is 1. The van der Waals surface area contributed by atoms with Gasteiger partial charge in [-0.15, -0.1) is 11.3 Å². The van der Waals surface area contributed by atoms with Crippen molar-refractivity contribution in [3.05, 3.63) is 44.8 Å². The van der Waals surface area contributed by atoms with E-state index in [1.807, 2.05) is 17.5 Å². The van der Waals surface area contributed by atoms with Gasteiger partial charge in [0.2, 0.25) is 0 Å². The second kappa shape index (κ2) is 6.38. The molecule has 0 unspecified atom stereocenters. The van der Waals surface area contributed by atoms with Crippen molar-refractivity contribution >= 4 is 28.6 Å². The van der Waals surface area contributed by atoms with E-state index in [1.165, 1.54) is 18.4 Å². The molecule has 3 nitrogen and oxygen atoms in total. The van der Waals surface area contributed by atoms with Crippen molar-refractivity contribution in [1.82, 2.24) is 9.80 Å². The molecule has 23 heavy (non-hydrogen) atoms. The lowest BCUT2D eigenvalue weighted by molar-refractivity contribution is 0.0531. The third kappa shape index (κ3) is 3.23. The molecule has 2 saturated heterocycles. The average molecular weight is 347 g/mol. The maximum Gasteiger partial charge on any atom is 0.263 e. The highest BCUT2D eigenvalue weighted by molar-refractivity contribution is 7.12. The van der Waals surface area contributed by atoms with Gasteiger partial charge in [0.05, 0.1) is 4.88 Å². The van der Waals surface area contributed by atoms with E-state index in [9.17, 15) is 4.79 Å². The van der Waals surface area contributed by atoms with Gasteiger partial charge in [0.15, 0.2) is 0 Å². The van der Waals surface area contributed by atoms with Gasteiger partial charge in [0.25, 0.3) is 5.91 Å². The minimum Gasteiger partial charge on any atom is -0.337 e. The van der Waals surface area contributed by atoms with Crippen molar-refractivity contribution < 1.29 is 4.79 Å². The number of piperidine rings is 1. The van der Waals surface area contributed by atoms with Gasteiger partial charge in [-0.25, -0.2) is 0 Å². The molecule has 0 N–H and O–H groups in total. The van der Waals surface area contributed by atoms with Crippen LogP contribution in [0.25, 0.3) is 0 Å². The predicted octanol–water partition coefficient (Wildman–Crippen LogP) is 3.94. The number of hydrogen-bond donors (Lipinski definition) is 0. The summed E-state index contributed by atoms with van der Waals surface area (Å²) in [5, 5.41) is 6.40. The number of rotatable bonds is 3. The Morgan fingerprint density at radius 1 is 1.17 bits per heavy atom. The molecule has 2 aromatic rings. The standard InChI is InChI=1S/C18H22N2OS2/c21-17(16-3-1-9-23-16)20-7-2-5-18(14-20)6-8-19(13-18)11-15-4-10-22-12-15/h1,3-4,9-10,12H,2,5-8,11,13-14H2/t18-/m0/s1. The molecule has 2 aliphatic rings. The topological polar surface area (TPSA) is 23.6 Å². The van der Waals surface area contributed by atoms with E-state index in [0.717, 1.165) is 44.0 Å². The average Bonchev–Trinajstić information content (AvgIpc) is 3.30. The molecular formula is C18H22N2OS2. The summed E-state index contributed by atoms with van der Waals surface area (Å²) in [5.41, 5.74) is 1.75. The largest absolute Gasteiger partial charge is 0.337 e. The summed E-state index contributed by atoms with van der Waals surface area (Å²) in [6.45, 7) is 5.21. The minimum absolute atomic E-state index is 0.232. The molecule has 0 radical (unpaired) electrons. The summed E-state index contributed by atoms with van der Waals surface area (Å²) in [6.07, 6.45) is 3.64. The Hall–Kier alpha value is -1.17. The fourth-order valence-corrected chi connectivity index (χ4v) is 5.42. The summed E-state index contributed by atoms with van der Waals surface area (Å²) in [4.78, 5) is 18.2. The van der Waals surface area contributed by atoms with Crippen LogP contribution in [0.4, 0.5) is 0 Å². The van der Waals surface area contributed by atoms with Crippen molar-refractivity contribution in [2.24, 2.45) is 5.41 Å². The van der Waals surface area contributed by atoms with Crippen LogP contribution in [0.3, 0.4) is 0 Å². The molecule has 2 fully saturated rings. The first-order valence-electron chi connectivity index (χ1n) is 8.30. The van der Waals surface area contributed by atoms with Crippen LogP contribution < -0.4 is 0 Å². The Labute approximate surface area is 145 Å². The Bertz CT molecular complexity index is 653. The first-order chi connectivity index (χ1) is 11.2. The van der Waals surface area contributed by atoms with Crippen molar-refractivity contribution in [1.29, 1.82) is 0 Å². The van der Waals surface area contributed by atoms with Gasteiger partial charge >= 0.3 is 0 Å². The number of thiophene rings is 2. The Balaban J connectivity index is 1.42. The highest BCUT2D eigenvalue weighted by atomic mass is 32.1. The molecule has 1 atom stereocenters. The number of amides is 1. The minimum atomic E-state index is 0.232. The number of hydrogen-bond acceptors (Lipinski definition) is 4. The second-order valence-electron chi connectivity index (χ2n) is 6.90. The van der Waals surface area contributed by atoms with Gasteiger partial charge in [-0.05, 0) is 59.6 Å². The van der Waals surface area contributed by atoms with E-state index < -0.39 is 0 Å². The van der Waals surface area contributed by atoms with Crippen LogP contribution in [-0.4, -0.2) is 41.9 Å². The fraction of sp³-hybridized carbons (Fsp3) is 0.500. The first kappa shape index (κ1) is 15.4. The van der Waals surface area contributed by atoms with E-state index in [2.05, 4.69) is 26.6 Å². The molecule has 2 aromatic heterocycles. The summed E-state index contributed by atoms with van der Waals surface area (Å²) in [6, 6.07) is 6.14.